The van der Waals surface area contributed by atoms with Gasteiger partial charge in [-0.05, 0) is 67.6 Å². The fourth-order valence-electron chi connectivity index (χ4n) is 5.11. The number of nitrogens with zero attached hydrogens (tertiary/aromatic N) is 4. The summed E-state index contributed by atoms with van der Waals surface area (Å²) in [6, 6.07) is 6.46. The largest absolute Gasteiger partial charge is 0.398 e. The van der Waals surface area contributed by atoms with E-state index in [4.69, 9.17) is 15.7 Å². The molecule has 1 aromatic heterocycles. The minimum Gasteiger partial charge on any atom is -0.398 e. The van der Waals surface area contributed by atoms with Crippen LogP contribution in [0.1, 0.15) is 92.1 Å². The van der Waals surface area contributed by atoms with Gasteiger partial charge in [-0.25, -0.2) is 9.97 Å². The first-order valence-corrected chi connectivity index (χ1v) is 11.5. The Hall–Kier alpha value is -2.61. The molecular weight excluding hydrogens is 370 g/mol. The second-order valence-corrected chi connectivity index (χ2v) is 8.83. The van der Waals surface area contributed by atoms with Gasteiger partial charge < -0.3 is 10.6 Å². The highest BCUT2D eigenvalue weighted by Gasteiger charge is 2.31. The Morgan fingerprint density at radius 2 is 2.00 bits per heavy atom. The number of fused-ring (bicyclic) bond motifs is 1. The lowest BCUT2D eigenvalue weighted by Gasteiger charge is -2.31. The van der Waals surface area contributed by atoms with Crippen molar-refractivity contribution in [1.29, 1.82) is 5.26 Å². The fourth-order valence-corrected chi connectivity index (χ4v) is 5.11. The zero-order valence-corrected chi connectivity index (χ0v) is 18.5. The van der Waals surface area contributed by atoms with E-state index in [9.17, 15) is 5.26 Å². The van der Waals surface area contributed by atoms with Crippen molar-refractivity contribution < 1.29 is 0 Å². The first kappa shape index (κ1) is 20.7. The molecule has 2 N–H and O–H groups in total. The summed E-state index contributed by atoms with van der Waals surface area (Å²) < 4.78 is 0. The molecule has 2 heterocycles. The highest BCUT2D eigenvalue weighted by molar-refractivity contribution is 5.63. The molecule has 1 aliphatic heterocycles. The van der Waals surface area contributed by atoms with Crippen LogP contribution in [0.15, 0.2) is 12.1 Å². The molecule has 1 aromatic carbocycles. The molecule has 0 bridgehead atoms. The lowest BCUT2D eigenvalue weighted by Crippen LogP contribution is -2.26. The maximum absolute atomic E-state index is 9.91. The van der Waals surface area contributed by atoms with Crippen molar-refractivity contribution in [2.75, 3.05) is 23.7 Å². The van der Waals surface area contributed by atoms with Crippen LogP contribution in [-0.2, 0) is 19.3 Å². The molecule has 5 nitrogen and oxygen atoms in total. The number of rotatable bonds is 5. The summed E-state index contributed by atoms with van der Waals surface area (Å²) in [6.07, 6.45) is 7.24. The molecule has 0 amide bonds. The van der Waals surface area contributed by atoms with Gasteiger partial charge in [0.2, 0.25) is 0 Å². The topological polar surface area (TPSA) is 78.8 Å². The molecule has 2 atom stereocenters. The Morgan fingerprint density at radius 3 is 2.67 bits per heavy atom. The number of aromatic nitrogens is 2. The number of nitrogens with two attached hydrogens (primary N) is 1. The number of nitriles is 1. The van der Waals surface area contributed by atoms with Gasteiger partial charge in [0.1, 0.15) is 17.7 Å². The maximum Gasteiger partial charge on any atom is 0.135 e. The molecule has 0 radical (unpaired) electrons. The van der Waals surface area contributed by atoms with Gasteiger partial charge in [0.05, 0.1) is 11.3 Å². The average Bonchev–Trinajstić information content (AvgIpc) is 3.31. The summed E-state index contributed by atoms with van der Waals surface area (Å²) in [7, 11) is 0. The number of anilines is 2. The Bertz CT molecular complexity index is 968. The van der Waals surface area contributed by atoms with Gasteiger partial charge in [0.15, 0.2) is 0 Å². The molecule has 4 rings (SSSR count). The summed E-state index contributed by atoms with van der Waals surface area (Å²) in [5.41, 5.74) is 12.5. The Balaban J connectivity index is 1.78. The van der Waals surface area contributed by atoms with E-state index in [2.05, 4.69) is 37.8 Å². The SMILES string of the molecule is CCc1nc2c(c(N3CCCC3)n1)CCC(c1c(C(C)CC)ccc(N)c1C#N)C2. The van der Waals surface area contributed by atoms with Crippen LogP contribution in [0.5, 0.6) is 0 Å². The van der Waals surface area contributed by atoms with Crippen LogP contribution in [0.2, 0.25) is 0 Å². The molecule has 2 unspecified atom stereocenters. The first-order chi connectivity index (χ1) is 14.6. The monoisotopic (exact) mass is 403 g/mol. The van der Waals surface area contributed by atoms with Crippen LogP contribution >= 0.6 is 0 Å². The molecule has 1 aliphatic carbocycles. The van der Waals surface area contributed by atoms with Gasteiger partial charge in [-0.3, -0.25) is 0 Å². The van der Waals surface area contributed by atoms with Gasteiger partial charge in [-0.1, -0.05) is 26.8 Å². The van der Waals surface area contributed by atoms with Crippen LogP contribution in [0, 0.1) is 11.3 Å². The number of hydrogen-bond donors (Lipinski definition) is 1. The molecule has 1 saturated heterocycles. The average molecular weight is 404 g/mol. The minimum absolute atomic E-state index is 0.283. The number of hydrogen-bond acceptors (Lipinski definition) is 5. The second-order valence-electron chi connectivity index (χ2n) is 8.83. The zero-order chi connectivity index (χ0) is 21.3. The third-order valence-corrected chi connectivity index (χ3v) is 7.00. The predicted molar refractivity (Wildman–Crippen MR) is 122 cm³/mol. The van der Waals surface area contributed by atoms with Gasteiger partial charge >= 0.3 is 0 Å². The van der Waals surface area contributed by atoms with Crippen molar-refractivity contribution in [2.45, 2.75) is 77.6 Å². The van der Waals surface area contributed by atoms with E-state index >= 15 is 0 Å². The maximum atomic E-state index is 9.91. The van der Waals surface area contributed by atoms with Crippen molar-refractivity contribution in [3.05, 3.63) is 45.9 Å². The van der Waals surface area contributed by atoms with Crippen LogP contribution < -0.4 is 10.6 Å². The van der Waals surface area contributed by atoms with Crippen LogP contribution in [0.3, 0.4) is 0 Å². The predicted octanol–water partition coefficient (Wildman–Crippen LogP) is 4.88. The van der Waals surface area contributed by atoms with Crippen molar-refractivity contribution >= 4 is 11.5 Å². The number of aryl methyl sites for hydroxylation is 1. The second kappa shape index (κ2) is 8.63. The van der Waals surface area contributed by atoms with Crippen molar-refractivity contribution in [3.63, 3.8) is 0 Å². The van der Waals surface area contributed by atoms with Crippen molar-refractivity contribution in [2.24, 2.45) is 0 Å². The summed E-state index contributed by atoms with van der Waals surface area (Å²) in [5, 5.41) is 9.91. The molecule has 30 heavy (non-hydrogen) atoms. The fraction of sp³-hybridized carbons (Fsp3) is 0.560. The Kier molecular flexibility index (Phi) is 5.94. The van der Waals surface area contributed by atoms with Gasteiger partial charge in [-0.15, -0.1) is 0 Å². The molecular formula is C25H33N5. The highest BCUT2D eigenvalue weighted by atomic mass is 15.2. The van der Waals surface area contributed by atoms with E-state index < -0.39 is 0 Å². The minimum atomic E-state index is 0.283. The molecule has 5 heteroatoms. The van der Waals surface area contributed by atoms with E-state index in [-0.39, 0.29) is 5.92 Å². The normalized spacial score (nSPS) is 19.4. The molecule has 2 aromatic rings. The van der Waals surface area contributed by atoms with Gasteiger partial charge in [0, 0.05) is 30.8 Å². The summed E-state index contributed by atoms with van der Waals surface area (Å²) in [5.74, 6) is 2.80. The van der Waals surface area contributed by atoms with E-state index in [0.29, 0.717) is 17.2 Å². The molecule has 1 fully saturated rings. The van der Waals surface area contributed by atoms with E-state index in [1.165, 1.54) is 35.5 Å². The van der Waals surface area contributed by atoms with Gasteiger partial charge in [-0.2, -0.15) is 5.26 Å². The molecule has 2 aliphatic rings. The summed E-state index contributed by atoms with van der Waals surface area (Å²) in [6.45, 7) is 8.78. The smallest absolute Gasteiger partial charge is 0.135 e. The Morgan fingerprint density at radius 1 is 1.23 bits per heavy atom. The summed E-state index contributed by atoms with van der Waals surface area (Å²) >= 11 is 0. The van der Waals surface area contributed by atoms with Crippen molar-refractivity contribution in [1.82, 2.24) is 9.97 Å². The third-order valence-electron chi connectivity index (χ3n) is 7.00. The van der Waals surface area contributed by atoms with Crippen LogP contribution in [-0.4, -0.2) is 23.1 Å². The van der Waals surface area contributed by atoms with E-state index in [0.717, 1.165) is 56.6 Å². The quantitative estimate of drug-likeness (QED) is 0.720. The molecule has 0 saturated carbocycles. The Labute approximate surface area is 180 Å². The van der Waals surface area contributed by atoms with Crippen LogP contribution in [0.25, 0.3) is 0 Å². The molecule has 0 spiro atoms. The zero-order valence-electron chi connectivity index (χ0n) is 18.5. The highest BCUT2D eigenvalue weighted by Crippen LogP contribution is 2.41. The number of benzene rings is 1. The van der Waals surface area contributed by atoms with E-state index in [1.54, 1.807) is 0 Å². The standard InChI is InChI=1S/C25H33N5/c1-4-16(3)18-10-11-21(27)20(15-26)24(18)17-8-9-19-22(14-17)28-23(5-2)29-25(19)30-12-6-7-13-30/h10-11,16-17H,4-9,12-14,27H2,1-3H3. The lowest BCUT2D eigenvalue weighted by molar-refractivity contribution is 0.554. The van der Waals surface area contributed by atoms with Crippen LogP contribution in [0.4, 0.5) is 11.5 Å². The lowest BCUT2D eigenvalue weighted by atomic mass is 9.76. The molecule has 158 valence electrons. The van der Waals surface area contributed by atoms with Gasteiger partial charge in [0.25, 0.3) is 0 Å². The first-order valence-electron chi connectivity index (χ1n) is 11.5. The van der Waals surface area contributed by atoms with Crippen molar-refractivity contribution in [3.8, 4) is 6.07 Å². The summed E-state index contributed by atoms with van der Waals surface area (Å²) in [4.78, 5) is 12.3. The third kappa shape index (κ3) is 3.64. The number of nitrogen functional groups attached to an aromatic ring is 1. The van der Waals surface area contributed by atoms with E-state index in [1.807, 2.05) is 6.07 Å².